The first-order valence-corrected chi connectivity index (χ1v) is 8.79. The highest BCUT2D eigenvalue weighted by atomic mass is 16.6. The molecule has 0 bridgehead atoms. The van der Waals surface area contributed by atoms with Crippen molar-refractivity contribution in [1.82, 2.24) is 0 Å². The highest BCUT2D eigenvalue weighted by Gasteiger charge is 2.40. The van der Waals surface area contributed by atoms with E-state index in [-0.39, 0.29) is 6.61 Å². The van der Waals surface area contributed by atoms with Crippen LogP contribution >= 0.6 is 0 Å². The molecule has 0 saturated heterocycles. The van der Waals surface area contributed by atoms with Crippen LogP contribution in [0.4, 0.5) is 10.5 Å². The van der Waals surface area contributed by atoms with Gasteiger partial charge in [0.2, 0.25) is 0 Å². The average Bonchev–Trinajstić information content (AvgIpc) is 2.99. The molecule has 3 rings (SSSR count). The monoisotopic (exact) mass is 355 g/mol. The summed E-state index contributed by atoms with van der Waals surface area (Å²) in [6.45, 7) is 5.75. The number of rotatable bonds is 4. The highest BCUT2D eigenvalue weighted by molar-refractivity contribution is 5.91. The molecule has 0 aromatic heterocycles. The largest absolute Gasteiger partial charge is 0.443 e. The molecule has 2 unspecified atom stereocenters. The van der Waals surface area contributed by atoms with Crippen LogP contribution in [0.3, 0.4) is 0 Å². The first-order chi connectivity index (χ1) is 12.3. The zero-order valence-corrected chi connectivity index (χ0v) is 15.4. The number of amides is 1. The standard InChI is InChI=1S/C21H25NO4/c1-21(2,3)26-20(24)22-17-12-8-7-11-16(17)13-18(22)19(23)25-14-15-9-5-4-6-10-15/h4-12,18-19,23H,13-14H2,1-3H3. The summed E-state index contributed by atoms with van der Waals surface area (Å²) in [5.41, 5.74) is 2.10. The number of carbonyl (C=O) groups is 1. The van der Waals surface area contributed by atoms with Gasteiger partial charge >= 0.3 is 6.09 Å². The minimum absolute atomic E-state index is 0.275. The summed E-state index contributed by atoms with van der Waals surface area (Å²) in [6.07, 6.45) is -1.07. The van der Waals surface area contributed by atoms with E-state index < -0.39 is 24.0 Å². The van der Waals surface area contributed by atoms with Crippen molar-refractivity contribution in [2.45, 2.75) is 51.7 Å². The highest BCUT2D eigenvalue weighted by Crippen LogP contribution is 2.35. The summed E-state index contributed by atoms with van der Waals surface area (Å²) < 4.78 is 11.2. The van der Waals surface area contributed by atoms with E-state index in [1.54, 1.807) is 0 Å². The van der Waals surface area contributed by atoms with E-state index in [1.165, 1.54) is 4.90 Å². The van der Waals surface area contributed by atoms with Crippen LogP contribution in [0, 0.1) is 0 Å². The molecular weight excluding hydrogens is 330 g/mol. The van der Waals surface area contributed by atoms with Crippen molar-refractivity contribution in [2.24, 2.45) is 0 Å². The molecule has 2 aromatic carbocycles. The number of ether oxygens (including phenoxy) is 2. The minimum atomic E-state index is -1.12. The number of carbonyl (C=O) groups excluding carboxylic acids is 1. The Morgan fingerprint density at radius 3 is 2.50 bits per heavy atom. The van der Waals surface area contributed by atoms with Crippen molar-refractivity contribution in [3.63, 3.8) is 0 Å². The number of hydrogen-bond donors (Lipinski definition) is 1. The van der Waals surface area contributed by atoms with E-state index >= 15 is 0 Å². The van der Waals surface area contributed by atoms with Crippen LogP contribution in [0.1, 0.15) is 31.9 Å². The lowest BCUT2D eigenvalue weighted by Gasteiger charge is -2.31. The number of aliphatic hydroxyl groups excluding tert-OH is 1. The maximum absolute atomic E-state index is 12.7. The van der Waals surface area contributed by atoms with Gasteiger partial charge in [0.15, 0.2) is 6.29 Å². The molecule has 0 saturated carbocycles. The zero-order valence-electron chi connectivity index (χ0n) is 15.4. The van der Waals surface area contributed by atoms with Crippen LogP contribution in [0.5, 0.6) is 0 Å². The van der Waals surface area contributed by atoms with Gasteiger partial charge < -0.3 is 14.6 Å². The number of fused-ring (bicyclic) bond motifs is 1. The van der Waals surface area contributed by atoms with Crippen molar-refractivity contribution < 1.29 is 19.4 Å². The van der Waals surface area contributed by atoms with Crippen molar-refractivity contribution in [3.05, 3.63) is 65.7 Å². The smallest absolute Gasteiger partial charge is 0.415 e. The molecule has 0 aliphatic carbocycles. The van der Waals surface area contributed by atoms with Gasteiger partial charge in [-0.05, 0) is 38.0 Å². The molecule has 1 amide bonds. The first-order valence-electron chi connectivity index (χ1n) is 8.79. The number of aliphatic hydroxyl groups is 1. The number of nitrogens with zero attached hydrogens (tertiary/aromatic N) is 1. The van der Waals surface area contributed by atoms with Gasteiger partial charge in [0, 0.05) is 6.42 Å². The third kappa shape index (κ3) is 4.23. The van der Waals surface area contributed by atoms with Gasteiger partial charge in [0.05, 0.1) is 18.3 Å². The molecule has 5 heteroatoms. The molecule has 26 heavy (non-hydrogen) atoms. The van der Waals surface area contributed by atoms with Crippen molar-refractivity contribution in [2.75, 3.05) is 4.90 Å². The van der Waals surface area contributed by atoms with Crippen LogP contribution in [-0.2, 0) is 22.5 Å². The summed E-state index contributed by atoms with van der Waals surface area (Å²) >= 11 is 0. The minimum Gasteiger partial charge on any atom is -0.443 e. The van der Waals surface area contributed by atoms with Gasteiger partial charge in [-0.15, -0.1) is 0 Å². The Hall–Kier alpha value is -2.37. The van der Waals surface area contributed by atoms with E-state index in [0.29, 0.717) is 6.42 Å². The molecule has 2 atom stereocenters. The van der Waals surface area contributed by atoms with Gasteiger partial charge in [-0.2, -0.15) is 0 Å². The number of hydrogen-bond acceptors (Lipinski definition) is 4. The van der Waals surface area contributed by atoms with Gasteiger partial charge in [0.25, 0.3) is 0 Å². The maximum atomic E-state index is 12.7. The SMILES string of the molecule is CC(C)(C)OC(=O)N1c2ccccc2CC1C(O)OCc1ccccc1. The third-order valence-corrected chi connectivity index (χ3v) is 4.19. The Morgan fingerprint density at radius 1 is 1.15 bits per heavy atom. The van der Waals surface area contributed by atoms with Gasteiger partial charge in [-0.3, -0.25) is 4.90 Å². The molecule has 0 spiro atoms. The molecule has 1 heterocycles. The van der Waals surface area contributed by atoms with E-state index in [4.69, 9.17) is 9.47 Å². The molecule has 0 radical (unpaired) electrons. The Morgan fingerprint density at radius 2 is 1.81 bits per heavy atom. The third-order valence-electron chi connectivity index (χ3n) is 4.19. The van der Waals surface area contributed by atoms with Crippen LogP contribution in [-0.4, -0.2) is 29.1 Å². The van der Waals surface area contributed by atoms with E-state index in [0.717, 1.165) is 16.8 Å². The summed E-state index contributed by atoms with van der Waals surface area (Å²) in [5.74, 6) is 0. The quantitative estimate of drug-likeness (QED) is 0.846. The number of benzene rings is 2. The van der Waals surface area contributed by atoms with Crippen molar-refractivity contribution >= 4 is 11.8 Å². The number of para-hydroxylation sites is 1. The fourth-order valence-corrected chi connectivity index (χ4v) is 3.05. The normalized spacial score (nSPS) is 17.7. The fraction of sp³-hybridized carbons (Fsp3) is 0.381. The van der Waals surface area contributed by atoms with Crippen molar-refractivity contribution in [3.8, 4) is 0 Å². The van der Waals surface area contributed by atoms with E-state index in [9.17, 15) is 9.90 Å². The zero-order chi connectivity index (χ0) is 18.7. The number of anilines is 1. The summed E-state index contributed by atoms with van der Waals surface area (Å²) in [4.78, 5) is 14.3. The fourth-order valence-electron chi connectivity index (χ4n) is 3.05. The Labute approximate surface area is 154 Å². The molecular formula is C21H25NO4. The maximum Gasteiger partial charge on any atom is 0.415 e. The second kappa shape index (κ2) is 7.48. The predicted octanol–water partition coefficient (Wildman–Crippen LogP) is 3.89. The van der Waals surface area contributed by atoms with Crippen LogP contribution in [0.2, 0.25) is 0 Å². The van der Waals surface area contributed by atoms with Crippen LogP contribution in [0.15, 0.2) is 54.6 Å². The van der Waals surface area contributed by atoms with Crippen molar-refractivity contribution in [1.29, 1.82) is 0 Å². The predicted molar refractivity (Wildman–Crippen MR) is 99.9 cm³/mol. The second-order valence-corrected chi connectivity index (χ2v) is 7.44. The molecule has 5 nitrogen and oxygen atoms in total. The molecule has 1 aliphatic heterocycles. The second-order valence-electron chi connectivity index (χ2n) is 7.44. The average molecular weight is 355 g/mol. The lowest BCUT2D eigenvalue weighted by atomic mass is 10.1. The molecule has 2 aromatic rings. The van der Waals surface area contributed by atoms with Gasteiger partial charge in [-0.1, -0.05) is 48.5 Å². The summed E-state index contributed by atoms with van der Waals surface area (Å²) in [5, 5.41) is 10.6. The Bertz CT molecular complexity index is 754. The van der Waals surface area contributed by atoms with Crippen LogP contribution < -0.4 is 4.90 Å². The Balaban J connectivity index is 1.77. The molecule has 0 fully saturated rings. The topological polar surface area (TPSA) is 59.0 Å². The summed E-state index contributed by atoms with van der Waals surface area (Å²) in [7, 11) is 0. The van der Waals surface area contributed by atoms with E-state index in [2.05, 4.69) is 0 Å². The van der Waals surface area contributed by atoms with Gasteiger partial charge in [0.1, 0.15) is 5.60 Å². The Kier molecular flexibility index (Phi) is 5.30. The molecule has 138 valence electrons. The molecule has 1 aliphatic rings. The lowest BCUT2D eigenvalue weighted by molar-refractivity contribution is -0.121. The summed E-state index contributed by atoms with van der Waals surface area (Å²) in [6, 6.07) is 16.7. The lowest BCUT2D eigenvalue weighted by Crippen LogP contribution is -2.48. The van der Waals surface area contributed by atoms with Gasteiger partial charge in [-0.25, -0.2) is 4.79 Å². The van der Waals surface area contributed by atoms with E-state index in [1.807, 2.05) is 75.4 Å². The van der Waals surface area contributed by atoms with Crippen LogP contribution in [0.25, 0.3) is 0 Å². The first kappa shape index (κ1) is 18.4. The molecule has 1 N–H and O–H groups in total.